The van der Waals surface area contributed by atoms with Crippen molar-refractivity contribution in [2.45, 2.75) is 63.3 Å². The topological polar surface area (TPSA) is 186 Å². The summed E-state index contributed by atoms with van der Waals surface area (Å²) >= 11 is 0. The summed E-state index contributed by atoms with van der Waals surface area (Å²) in [6.07, 6.45) is 0.428. The molecule has 1 heterocycles. The molecule has 6 N–H and O–H groups in total. The summed E-state index contributed by atoms with van der Waals surface area (Å²) < 4.78 is 0. The Hall–Kier alpha value is -2.66. The summed E-state index contributed by atoms with van der Waals surface area (Å²) in [6.45, 7) is 0.0463. The zero-order valence-electron chi connectivity index (χ0n) is 16.5. The van der Waals surface area contributed by atoms with Crippen LogP contribution in [0.2, 0.25) is 0 Å². The summed E-state index contributed by atoms with van der Waals surface area (Å²) in [5.74, 6) is -2.61. The number of nitrogens with zero attached hydrogens (tertiary/aromatic N) is 1. The third kappa shape index (κ3) is 6.99. The number of carbonyl (C=O) groups is 3. The molecule has 0 aromatic heterocycles. The number of carboxylic acids is 2. The first-order valence-electron chi connectivity index (χ1n) is 9.79. The quantitative estimate of drug-likeness (QED) is 0.255. The van der Waals surface area contributed by atoms with E-state index in [9.17, 15) is 29.7 Å². The molecule has 1 unspecified atom stereocenters. The van der Waals surface area contributed by atoms with Crippen LogP contribution in [0.5, 0.6) is 0 Å². The second-order valence-corrected chi connectivity index (χ2v) is 7.82. The van der Waals surface area contributed by atoms with E-state index in [0.717, 1.165) is 0 Å². The van der Waals surface area contributed by atoms with E-state index in [4.69, 9.17) is 15.1 Å². The van der Waals surface area contributed by atoms with Crippen LogP contribution in [0.4, 0.5) is 0 Å². The number of aliphatic hydroxyl groups is 3. The Bertz CT molecular complexity index is 719. The smallest absolute Gasteiger partial charge is 0.307 e. The fraction of sp³-hybridized carbons (Fsp3) is 0.684. The van der Waals surface area contributed by atoms with Crippen molar-refractivity contribution in [2.75, 3.05) is 6.54 Å². The van der Waals surface area contributed by atoms with Crippen molar-refractivity contribution in [3.8, 4) is 0 Å². The number of oxime groups is 1. The van der Waals surface area contributed by atoms with Crippen molar-refractivity contribution in [3.63, 3.8) is 0 Å². The van der Waals surface area contributed by atoms with E-state index >= 15 is 0 Å². The fourth-order valence-corrected chi connectivity index (χ4v) is 3.98. The van der Waals surface area contributed by atoms with Gasteiger partial charge < -0.3 is 35.7 Å². The molecule has 1 amide bonds. The van der Waals surface area contributed by atoms with Gasteiger partial charge in [0.25, 0.3) is 0 Å². The van der Waals surface area contributed by atoms with Crippen LogP contribution in [-0.4, -0.2) is 67.5 Å². The highest BCUT2D eigenvalue weighted by molar-refractivity contribution is 5.89. The number of nitrogens with one attached hydrogen (secondary N) is 1. The lowest BCUT2D eigenvalue weighted by Gasteiger charge is -2.30. The summed E-state index contributed by atoms with van der Waals surface area (Å²) in [5, 5.41) is 53.0. The summed E-state index contributed by atoms with van der Waals surface area (Å²) in [4.78, 5) is 39.1. The lowest BCUT2D eigenvalue weighted by atomic mass is 9.74. The minimum Gasteiger partial charge on any atom is -0.513 e. The molecule has 0 radical (unpaired) electrons. The SMILES string of the molecule is O=C(O)CCNC(=O)CC[C@@H]1CC=C(O)C[C@@H]1C1=NOC(CC(=O)O)(CC(O)O)C1. The van der Waals surface area contributed by atoms with Crippen LogP contribution in [0.25, 0.3) is 0 Å². The van der Waals surface area contributed by atoms with Crippen molar-refractivity contribution in [1.82, 2.24) is 5.32 Å². The first-order valence-corrected chi connectivity index (χ1v) is 9.79. The number of aliphatic carboxylic acids is 2. The molecule has 0 saturated carbocycles. The molecular formula is C19H28N2O9. The van der Waals surface area contributed by atoms with Gasteiger partial charge in [0.15, 0.2) is 11.9 Å². The van der Waals surface area contributed by atoms with Crippen LogP contribution in [0.3, 0.4) is 0 Å². The molecule has 11 nitrogen and oxygen atoms in total. The van der Waals surface area contributed by atoms with Crippen LogP contribution >= 0.6 is 0 Å². The number of aliphatic hydroxyl groups excluding tert-OH is 2. The van der Waals surface area contributed by atoms with Gasteiger partial charge in [0.2, 0.25) is 5.91 Å². The van der Waals surface area contributed by atoms with E-state index in [1.165, 1.54) is 0 Å². The Morgan fingerprint density at radius 2 is 1.97 bits per heavy atom. The van der Waals surface area contributed by atoms with Gasteiger partial charge in [-0.3, -0.25) is 14.4 Å². The highest BCUT2D eigenvalue weighted by Gasteiger charge is 2.46. The van der Waals surface area contributed by atoms with Crippen LogP contribution in [0.15, 0.2) is 17.0 Å². The van der Waals surface area contributed by atoms with Crippen molar-refractivity contribution in [1.29, 1.82) is 0 Å². The molecule has 0 bridgehead atoms. The van der Waals surface area contributed by atoms with E-state index in [2.05, 4.69) is 10.5 Å². The van der Waals surface area contributed by atoms with Gasteiger partial charge >= 0.3 is 11.9 Å². The van der Waals surface area contributed by atoms with Gasteiger partial charge in [-0.1, -0.05) is 5.16 Å². The maximum atomic E-state index is 12.0. The Kier molecular flexibility index (Phi) is 8.18. The molecule has 0 aromatic rings. The van der Waals surface area contributed by atoms with E-state index < -0.39 is 30.3 Å². The predicted molar refractivity (Wildman–Crippen MR) is 102 cm³/mol. The van der Waals surface area contributed by atoms with Crippen LogP contribution in [0, 0.1) is 11.8 Å². The van der Waals surface area contributed by atoms with Crippen molar-refractivity contribution < 1.29 is 44.8 Å². The first-order chi connectivity index (χ1) is 14.1. The molecule has 2 rings (SSSR count). The number of rotatable bonds is 11. The third-order valence-electron chi connectivity index (χ3n) is 5.37. The first kappa shape index (κ1) is 23.6. The molecule has 2 aliphatic rings. The van der Waals surface area contributed by atoms with Crippen molar-refractivity contribution in [2.24, 2.45) is 17.0 Å². The number of carboxylic acid groups (broad SMARTS) is 2. The van der Waals surface area contributed by atoms with Gasteiger partial charge in [0.05, 0.1) is 24.3 Å². The average molecular weight is 428 g/mol. The van der Waals surface area contributed by atoms with Crippen LogP contribution < -0.4 is 5.32 Å². The zero-order chi connectivity index (χ0) is 22.3. The largest absolute Gasteiger partial charge is 0.513 e. The van der Waals surface area contributed by atoms with Gasteiger partial charge in [-0.25, -0.2) is 0 Å². The van der Waals surface area contributed by atoms with Gasteiger partial charge in [-0.05, 0) is 24.8 Å². The second kappa shape index (κ2) is 10.4. The Labute approximate surface area is 173 Å². The molecule has 0 saturated heterocycles. The molecule has 0 spiro atoms. The molecule has 30 heavy (non-hydrogen) atoms. The fourth-order valence-electron chi connectivity index (χ4n) is 3.98. The zero-order valence-corrected chi connectivity index (χ0v) is 16.5. The van der Waals surface area contributed by atoms with E-state index in [-0.39, 0.29) is 62.2 Å². The number of amides is 1. The average Bonchev–Trinajstić information content (AvgIpc) is 3.02. The van der Waals surface area contributed by atoms with Gasteiger partial charge in [0, 0.05) is 38.1 Å². The minimum absolute atomic E-state index is 0.0463. The minimum atomic E-state index is -1.76. The second-order valence-electron chi connectivity index (χ2n) is 7.82. The van der Waals surface area contributed by atoms with Gasteiger partial charge in [-0.2, -0.15) is 0 Å². The molecule has 11 heteroatoms. The summed E-state index contributed by atoms with van der Waals surface area (Å²) in [5.41, 5.74) is -0.849. The summed E-state index contributed by atoms with van der Waals surface area (Å²) in [6, 6.07) is 0. The van der Waals surface area contributed by atoms with E-state index in [1.807, 2.05) is 0 Å². The van der Waals surface area contributed by atoms with Crippen LogP contribution in [-0.2, 0) is 19.2 Å². The molecule has 0 aromatic carbocycles. The number of allylic oxidation sites excluding steroid dienone is 2. The number of hydrogen-bond donors (Lipinski definition) is 6. The molecule has 1 aliphatic heterocycles. The number of hydrogen-bond acceptors (Lipinski definition) is 8. The highest BCUT2D eigenvalue weighted by atomic mass is 16.7. The van der Waals surface area contributed by atoms with E-state index in [0.29, 0.717) is 18.6 Å². The highest BCUT2D eigenvalue weighted by Crippen LogP contribution is 2.40. The standard InChI is InChI=1S/C19H28N2O9/c22-12-3-1-11(2-4-15(23)20-6-5-16(24)25)13(7-12)14-8-19(30-21-14,9-17(26)27)10-18(28)29/h3,11,13,17,22,26-27H,1-2,4-10H2,(H,20,23)(H,24,25)(H,28,29)/t11-,13-,19?/m0/s1. The van der Waals surface area contributed by atoms with E-state index in [1.54, 1.807) is 6.08 Å². The van der Waals surface area contributed by atoms with Gasteiger partial charge in [0.1, 0.15) is 0 Å². The molecular weight excluding hydrogens is 400 g/mol. The molecule has 168 valence electrons. The van der Waals surface area contributed by atoms with Crippen LogP contribution in [0.1, 0.15) is 51.4 Å². The third-order valence-corrected chi connectivity index (χ3v) is 5.37. The normalized spacial score (nSPS) is 26.0. The lowest BCUT2D eigenvalue weighted by Crippen LogP contribution is -2.38. The monoisotopic (exact) mass is 428 g/mol. The van der Waals surface area contributed by atoms with Crippen molar-refractivity contribution in [3.05, 3.63) is 11.8 Å². The Morgan fingerprint density at radius 1 is 1.23 bits per heavy atom. The summed E-state index contributed by atoms with van der Waals surface area (Å²) in [7, 11) is 0. The Morgan fingerprint density at radius 3 is 2.60 bits per heavy atom. The molecule has 1 aliphatic carbocycles. The molecule has 0 fully saturated rings. The maximum absolute atomic E-state index is 12.0. The number of carbonyl (C=O) groups excluding carboxylic acids is 1. The van der Waals surface area contributed by atoms with Crippen molar-refractivity contribution >= 4 is 23.6 Å². The van der Waals surface area contributed by atoms with Gasteiger partial charge in [-0.15, -0.1) is 0 Å². The Balaban J connectivity index is 2.01. The molecule has 3 atom stereocenters. The lowest BCUT2D eigenvalue weighted by molar-refractivity contribution is -0.152. The predicted octanol–water partition coefficient (Wildman–Crippen LogP) is 0.516. The maximum Gasteiger partial charge on any atom is 0.307 e.